The molecule has 0 heterocycles. The molecule has 0 aliphatic rings. The number of halogens is 2. The van der Waals surface area contributed by atoms with E-state index in [0.29, 0.717) is 10.4 Å². The Hall–Kier alpha value is -0.450. The van der Waals surface area contributed by atoms with E-state index in [4.69, 9.17) is 0 Å². The molecule has 0 spiro atoms. The molecule has 4 heteroatoms. The molecule has 1 rings (SSSR count). The highest BCUT2D eigenvalue weighted by Gasteiger charge is 1.99. The van der Waals surface area contributed by atoms with Crippen LogP contribution in [0.1, 0.15) is 19.4 Å². The molecule has 1 aromatic rings. The molecule has 0 unspecified atom stereocenters. The molecule has 2 nitrogen and oxygen atoms in total. The van der Waals surface area contributed by atoms with Gasteiger partial charge in [0, 0.05) is 19.6 Å². The van der Waals surface area contributed by atoms with E-state index >= 15 is 0 Å². The quantitative estimate of drug-likeness (QED) is 0.757. The van der Waals surface area contributed by atoms with Crippen LogP contribution < -0.4 is 10.6 Å². The lowest BCUT2D eigenvalue weighted by Crippen LogP contribution is -2.29. The fourth-order valence-electron chi connectivity index (χ4n) is 1.45. The lowest BCUT2D eigenvalue weighted by Gasteiger charge is -2.08. The van der Waals surface area contributed by atoms with Gasteiger partial charge in [0.05, 0.1) is 4.47 Å². The van der Waals surface area contributed by atoms with Crippen LogP contribution in [0.4, 0.5) is 4.39 Å². The van der Waals surface area contributed by atoms with Gasteiger partial charge in [-0.1, -0.05) is 19.9 Å². The summed E-state index contributed by atoms with van der Waals surface area (Å²) in [7, 11) is 0. The molecular weight excluding hydrogens is 283 g/mol. The van der Waals surface area contributed by atoms with Crippen molar-refractivity contribution in [2.24, 2.45) is 5.92 Å². The average Bonchev–Trinajstić information content (AvgIpc) is 2.27. The van der Waals surface area contributed by atoms with Crippen molar-refractivity contribution in [1.82, 2.24) is 10.6 Å². The molecule has 0 bridgehead atoms. The molecular formula is C13H20BrFN2. The Bertz CT molecular complexity index is 342. The third kappa shape index (κ3) is 6.15. The monoisotopic (exact) mass is 302 g/mol. The van der Waals surface area contributed by atoms with Crippen LogP contribution in [0.5, 0.6) is 0 Å². The Morgan fingerprint density at radius 2 is 1.94 bits per heavy atom. The normalized spacial score (nSPS) is 11.1. The van der Waals surface area contributed by atoms with Gasteiger partial charge in [-0.3, -0.25) is 0 Å². The molecule has 0 atom stereocenters. The van der Waals surface area contributed by atoms with E-state index in [-0.39, 0.29) is 5.82 Å². The predicted molar refractivity (Wildman–Crippen MR) is 73.5 cm³/mol. The van der Waals surface area contributed by atoms with E-state index in [1.807, 2.05) is 6.07 Å². The Labute approximate surface area is 111 Å². The smallest absolute Gasteiger partial charge is 0.137 e. The van der Waals surface area contributed by atoms with Crippen molar-refractivity contribution < 1.29 is 4.39 Å². The van der Waals surface area contributed by atoms with E-state index < -0.39 is 0 Å². The zero-order valence-corrected chi connectivity index (χ0v) is 12.0. The summed E-state index contributed by atoms with van der Waals surface area (Å²) >= 11 is 3.18. The first-order valence-corrected chi connectivity index (χ1v) is 6.74. The van der Waals surface area contributed by atoms with Crippen LogP contribution in [0.3, 0.4) is 0 Å². The lowest BCUT2D eigenvalue weighted by atomic mass is 10.2. The number of rotatable bonds is 7. The number of benzene rings is 1. The Kier molecular flexibility index (Phi) is 6.70. The van der Waals surface area contributed by atoms with Crippen molar-refractivity contribution in [3.63, 3.8) is 0 Å². The fourth-order valence-corrected chi connectivity index (χ4v) is 1.88. The van der Waals surface area contributed by atoms with E-state index in [9.17, 15) is 4.39 Å². The maximum absolute atomic E-state index is 13.0. The highest BCUT2D eigenvalue weighted by atomic mass is 79.9. The molecule has 0 fully saturated rings. The van der Waals surface area contributed by atoms with Gasteiger partial charge in [0.1, 0.15) is 5.82 Å². The number of hydrogen-bond acceptors (Lipinski definition) is 2. The maximum atomic E-state index is 13.0. The molecule has 0 aliphatic heterocycles. The van der Waals surface area contributed by atoms with Crippen LogP contribution >= 0.6 is 15.9 Å². The molecule has 0 aliphatic carbocycles. The average molecular weight is 303 g/mol. The van der Waals surface area contributed by atoms with Gasteiger partial charge in [0.25, 0.3) is 0 Å². The molecule has 0 radical (unpaired) electrons. The van der Waals surface area contributed by atoms with Gasteiger partial charge in [0.15, 0.2) is 0 Å². The second kappa shape index (κ2) is 7.80. The molecule has 0 saturated heterocycles. The Morgan fingerprint density at radius 1 is 1.24 bits per heavy atom. The first-order chi connectivity index (χ1) is 8.09. The summed E-state index contributed by atoms with van der Waals surface area (Å²) in [4.78, 5) is 0. The standard InChI is InChI=1S/C13H20BrFN2/c1-10(2)8-16-5-6-17-9-11-3-4-13(15)12(14)7-11/h3-4,7,10,16-17H,5-6,8-9H2,1-2H3. The van der Waals surface area contributed by atoms with Gasteiger partial charge < -0.3 is 10.6 Å². The molecule has 0 saturated carbocycles. The fraction of sp³-hybridized carbons (Fsp3) is 0.538. The minimum atomic E-state index is -0.215. The second-order valence-corrected chi connectivity index (χ2v) is 5.38. The predicted octanol–water partition coefficient (Wildman–Crippen LogP) is 2.92. The minimum absolute atomic E-state index is 0.215. The highest BCUT2D eigenvalue weighted by molar-refractivity contribution is 9.10. The van der Waals surface area contributed by atoms with Crippen LogP contribution in [-0.2, 0) is 6.54 Å². The summed E-state index contributed by atoms with van der Waals surface area (Å²) in [5.41, 5.74) is 1.09. The van der Waals surface area contributed by atoms with E-state index in [0.717, 1.165) is 31.7 Å². The van der Waals surface area contributed by atoms with Crippen LogP contribution in [0.15, 0.2) is 22.7 Å². The van der Waals surface area contributed by atoms with Crippen molar-refractivity contribution in [1.29, 1.82) is 0 Å². The molecule has 0 amide bonds. The van der Waals surface area contributed by atoms with Crippen molar-refractivity contribution >= 4 is 15.9 Å². The van der Waals surface area contributed by atoms with Gasteiger partial charge >= 0.3 is 0 Å². The molecule has 1 aromatic carbocycles. The first kappa shape index (κ1) is 14.6. The van der Waals surface area contributed by atoms with Gasteiger partial charge in [0.2, 0.25) is 0 Å². The maximum Gasteiger partial charge on any atom is 0.137 e. The highest BCUT2D eigenvalue weighted by Crippen LogP contribution is 2.16. The van der Waals surface area contributed by atoms with Gasteiger partial charge in [-0.05, 0) is 46.1 Å². The van der Waals surface area contributed by atoms with Crippen molar-refractivity contribution in [3.8, 4) is 0 Å². The summed E-state index contributed by atoms with van der Waals surface area (Å²) in [6.07, 6.45) is 0. The number of nitrogens with one attached hydrogen (secondary N) is 2. The summed E-state index contributed by atoms with van der Waals surface area (Å²) in [6, 6.07) is 5.09. The van der Waals surface area contributed by atoms with Crippen molar-refractivity contribution in [2.45, 2.75) is 20.4 Å². The molecule has 96 valence electrons. The molecule has 17 heavy (non-hydrogen) atoms. The Morgan fingerprint density at radius 3 is 2.59 bits per heavy atom. The topological polar surface area (TPSA) is 24.1 Å². The van der Waals surface area contributed by atoms with Gasteiger partial charge in [-0.15, -0.1) is 0 Å². The Balaban J connectivity index is 2.16. The summed E-state index contributed by atoms with van der Waals surface area (Å²) in [5.74, 6) is 0.468. The zero-order valence-electron chi connectivity index (χ0n) is 10.4. The third-order valence-electron chi connectivity index (χ3n) is 2.34. The zero-order chi connectivity index (χ0) is 12.7. The van der Waals surface area contributed by atoms with Gasteiger partial charge in [-0.2, -0.15) is 0 Å². The summed E-state index contributed by atoms with van der Waals surface area (Å²) in [6.45, 7) is 8.07. The van der Waals surface area contributed by atoms with Crippen molar-refractivity contribution in [3.05, 3.63) is 34.1 Å². The first-order valence-electron chi connectivity index (χ1n) is 5.95. The van der Waals surface area contributed by atoms with Crippen LogP contribution in [-0.4, -0.2) is 19.6 Å². The third-order valence-corrected chi connectivity index (χ3v) is 2.95. The lowest BCUT2D eigenvalue weighted by molar-refractivity contribution is 0.535. The summed E-state index contributed by atoms with van der Waals surface area (Å²) in [5, 5.41) is 6.68. The minimum Gasteiger partial charge on any atom is -0.315 e. The SMILES string of the molecule is CC(C)CNCCNCc1ccc(F)c(Br)c1. The van der Waals surface area contributed by atoms with Gasteiger partial charge in [-0.25, -0.2) is 4.39 Å². The van der Waals surface area contributed by atoms with Crippen LogP contribution in [0.2, 0.25) is 0 Å². The second-order valence-electron chi connectivity index (χ2n) is 4.52. The van der Waals surface area contributed by atoms with Crippen LogP contribution in [0.25, 0.3) is 0 Å². The van der Waals surface area contributed by atoms with E-state index in [2.05, 4.69) is 40.4 Å². The molecule has 0 aromatic heterocycles. The summed E-state index contributed by atoms with van der Waals surface area (Å²) < 4.78 is 13.5. The van der Waals surface area contributed by atoms with E-state index in [1.54, 1.807) is 6.07 Å². The number of hydrogen-bond donors (Lipinski definition) is 2. The van der Waals surface area contributed by atoms with Crippen molar-refractivity contribution in [2.75, 3.05) is 19.6 Å². The van der Waals surface area contributed by atoms with E-state index in [1.165, 1.54) is 6.07 Å². The van der Waals surface area contributed by atoms with Crippen LogP contribution in [0, 0.1) is 11.7 Å². The molecule has 2 N–H and O–H groups in total. The largest absolute Gasteiger partial charge is 0.315 e.